The fourth-order valence-electron chi connectivity index (χ4n) is 1.38. The third-order valence-electron chi connectivity index (χ3n) is 2.31. The minimum atomic E-state index is -0.343. The number of carbonyl (C=O) groups excluding carboxylic acids is 1. The van der Waals surface area contributed by atoms with Crippen LogP contribution in [0.25, 0.3) is 0 Å². The van der Waals surface area contributed by atoms with Crippen LogP contribution in [0.3, 0.4) is 0 Å². The van der Waals surface area contributed by atoms with E-state index in [1.807, 2.05) is 6.92 Å². The molecule has 19 heavy (non-hydrogen) atoms. The van der Waals surface area contributed by atoms with E-state index in [0.29, 0.717) is 19.8 Å². The van der Waals surface area contributed by atoms with Gasteiger partial charge in [0.2, 0.25) is 5.82 Å². The molecular formula is C11H17Cl2N3O3. The second-order valence-electron chi connectivity index (χ2n) is 3.67. The van der Waals surface area contributed by atoms with Crippen molar-refractivity contribution >= 4 is 29.1 Å². The Labute approximate surface area is 122 Å². The average molecular weight is 310 g/mol. The summed E-state index contributed by atoms with van der Waals surface area (Å²) in [5, 5.41) is 2.99. The van der Waals surface area contributed by atoms with Crippen molar-refractivity contribution in [3.05, 3.63) is 16.1 Å². The van der Waals surface area contributed by atoms with Gasteiger partial charge in [0.1, 0.15) is 11.9 Å². The van der Waals surface area contributed by atoms with Gasteiger partial charge in [0, 0.05) is 26.9 Å². The third kappa shape index (κ3) is 4.65. The van der Waals surface area contributed by atoms with E-state index in [-0.39, 0.29) is 28.8 Å². The molecule has 0 fully saturated rings. The average Bonchev–Trinajstić information content (AvgIpc) is 2.68. The molecule has 0 saturated carbocycles. The minimum absolute atomic E-state index is 0.0865. The molecule has 1 N–H and O–H groups in total. The lowest BCUT2D eigenvalue weighted by Gasteiger charge is -2.09. The molecule has 0 bridgehead atoms. The number of halogens is 2. The zero-order valence-corrected chi connectivity index (χ0v) is 12.4. The normalized spacial score (nSPS) is 10.7. The van der Waals surface area contributed by atoms with Crippen molar-refractivity contribution in [2.75, 3.05) is 26.9 Å². The molecule has 0 aliphatic heterocycles. The molecule has 0 radical (unpaired) electrons. The van der Waals surface area contributed by atoms with Crippen LogP contribution in [0.15, 0.2) is 0 Å². The van der Waals surface area contributed by atoms with Crippen LogP contribution >= 0.6 is 23.2 Å². The number of carbonyl (C=O) groups is 1. The van der Waals surface area contributed by atoms with Gasteiger partial charge in [0.05, 0.1) is 0 Å². The van der Waals surface area contributed by atoms with Gasteiger partial charge in [0.25, 0.3) is 5.91 Å². The SMILES string of the molecule is CCOCn1c(C(=O)NCCCOC)nc(Cl)c1Cl. The van der Waals surface area contributed by atoms with Crippen molar-refractivity contribution in [3.63, 3.8) is 0 Å². The Kier molecular flexibility index (Phi) is 7.15. The smallest absolute Gasteiger partial charge is 0.287 e. The molecule has 0 atom stereocenters. The molecule has 0 aliphatic carbocycles. The summed E-state index contributed by atoms with van der Waals surface area (Å²) in [5.41, 5.74) is 0. The molecule has 1 amide bonds. The molecule has 0 aliphatic rings. The van der Waals surface area contributed by atoms with Crippen LogP contribution in [-0.4, -0.2) is 42.3 Å². The Bertz CT molecular complexity index is 424. The maximum atomic E-state index is 11.9. The predicted molar refractivity (Wildman–Crippen MR) is 72.7 cm³/mol. The monoisotopic (exact) mass is 309 g/mol. The van der Waals surface area contributed by atoms with Crippen LogP contribution in [0.5, 0.6) is 0 Å². The first-order chi connectivity index (χ1) is 9.11. The maximum Gasteiger partial charge on any atom is 0.287 e. The summed E-state index contributed by atoms with van der Waals surface area (Å²) in [6.45, 7) is 3.55. The second-order valence-corrected chi connectivity index (χ2v) is 4.39. The van der Waals surface area contributed by atoms with E-state index in [1.54, 1.807) is 7.11 Å². The Hall–Kier alpha value is -0.820. The zero-order valence-electron chi connectivity index (χ0n) is 10.9. The van der Waals surface area contributed by atoms with Gasteiger partial charge in [0.15, 0.2) is 5.15 Å². The number of ether oxygens (including phenoxy) is 2. The van der Waals surface area contributed by atoms with Crippen molar-refractivity contribution in [2.24, 2.45) is 0 Å². The number of aromatic nitrogens is 2. The summed E-state index contributed by atoms with van der Waals surface area (Å²) in [6, 6.07) is 0. The van der Waals surface area contributed by atoms with Crippen LogP contribution in [-0.2, 0) is 16.2 Å². The quantitative estimate of drug-likeness (QED) is 0.745. The summed E-state index contributed by atoms with van der Waals surface area (Å²) in [6.07, 6.45) is 0.718. The highest BCUT2D eigenvalue weighted by atomic mass is 35.5. The van der Waals surface area contributed by atoms with Crippen molar-refractivity contribution in [1.82, 2.24) is 14.9 Å². The number of methoxy groups -OCH3 is 1. The van der Waals surface area contributed by atoms with Crippen LogP contribution in [0.1, 0.15) is 24.0 Å². The molecule has 1 aromatic heterocycles. The molecule has 108 valence electrons. The Morgan fingerprint density at radius 1 is 1.47 bits per heavy atom. The first-order valence-electron chi connectivity index (χ1n) is 5.88. The zero-order chi connectivity index (χ0) is 14.3. The minimum Gasteiger partial charge on any atom is -0.385 e. The van der Waals surface area contributed by atoms with Crippen molar-refractivity contribution in [1.29, 1.82) is 0 Å². The summed E-state index contributed by atoms with van der Waals surface area (Å²) < 4.78 is 11.6. The molecule has 8 heteroatoms. The maximum absolute atomic E-state index is 11.9. The molecule has 0 unspecified atom stereocenters. The van der Waals surface area contributed by atoms with Crippen LogP contribution in [0.4, 0.5) is 0 Å². The van der Waals surface area contributed by atoms with E-state index < -0.39 is 0 Å². The molecule has 0 aromatic carbocycles. The lowest BCUT2D eigenvalue weighted by molar-refractivity contribution is 0.0787. The number of imidazole rings is 1. The first kappa shape index (κ1) is 16.2. The Morgan fingerprint density at radius 2 is 2.21 bits per heavy atom. The molecule has 1 aromatic rings. The lowest BCUT2D eigenvalue weighted by Crippen LogP contribution is -2.28. The largest absolute Gasteiger partial charge is 0.385 e. The van der Waals surface area contributed by atoms with Crippen molar-refractivity contribution < 1.29 is 14.3 Å². The van der Waals surface area contributed by atoms with Gasteiger partial charge in [-0.25, -0.2) is 4.98 Å². The number of hydrogen-bond acceptors (Lipinski definition) is 4. The number of amides is 1. The van der Waals surface area contributed by atoms with E-state index in [2.05, 4.69) is 10.3 Å². The molecule has 0 spiro atoms. The fraction of sp³-hybridized carbons (Fsp3) is 0.636. The molecule has 0 saturated heterocycles. The van der Waals surface area contributed by atoms with E-state index >= 15 is 0 Å². The van der Waals surface area contributed by atoms with Gasteiger partial charge in [-0.2, -0.15) is 0 Å². The van der Waals surface area contributed by atoms with Gasteiger partial charge < -0.3 is 14.8 Å². The number of nitrogens with one attached hydrogen (secondary N) is 1. The first-order valence-corrected chi connectivity index (χ1v) is 6.63. The fourth-order valence-corrected chi connectivity index (χ4v) is 1.73. The summed E-state index contributed by atoms with van der Waals surface area (Å²) in [4.78, 5) is 15.9. The topological polar surface area (TPSA) is 65.4 Å². The van der Waals surface area contributed by atoms with Crippen molar-refractivity contribution in [3.8, 4) is 0 Å². The van der Waals surface area contributed by atoms with Gasteiger partial charge in [-0.1, -0.05) is 23.2 Å². The summed E-state index contributed by atoms with van der Waals surface area (Å²) >= 11 is 11.8. The van der Waals surface area contributed by atoms with E-state index in [1.165, 1.54) is 4.57 Å². The van der Waals surface area contributed by atoms with Gasteiger partial charge in [-0.05, 0) is 13.3 Å². The highest BCUT2D eigenvalue weighted by Gasteiger charge is 2.19. The van der Waals surface area contributed by atoms with Gasteiger partial charge >= 0.3 is 0 Å². The standard InChI is InChI=1S/C11H17Cl2N3O3/c1-3-19-7-16-9(13)8(12)15-10(16)11(17)14-5-4-6-18-2/h3-7H2,1-2H3,(H,14,17). The van der Waals surface area contributed by atoms with E-state index in [4.69, 9.17) is 32.7 Å². The predicted octanol–water partition coefficient (Wildman–Crippen LogP) is 1.95. The number of hydrogen-bond donors (Lipinski definition) is 1. The Morgan fingerprint density at radius 3 is 2.84 bits per heavy atom. The van der Waals surface area contributed by atoms with Crippen molar-refractivity contribution in [2.45, 2.75) is 20.1 Å². The van der Waals surface area contributed by atoms with Crippen LogP contribution in [0.2, 0.25) is 10.3 Å². The number of rotatable bonds is 8. The van der Waals surface area contributed by atoms with Crippen LogP contribution < -0.4 is 5.32 Å². The van der Waals surface area contributed by atoms with Crippen LogP contribution in [0, 0.1) is 0 Å². The highest BCUT2D eigenvalue weighted by molar-refractivity contribution is 6.40. The summed E-state index contributed by atoms with van der Waals surface area (Å²) in [5.74, 6) is -0.203. The third-order valence-corrected chi connectivity index (χ3v) is 3.05. The lowest BCUT2D eigenvalue weighted by atomic mass is 10.4. The molecule has 1 rings (SSSR count). The Balaban J connectivity index is 2.69. The van der Waals surface area contributed by atoms with E-state index in [9.17, 15) is 4.79 Å². The molecular weight excluding hydrogens is 293 g/mol. The highest BCUT2D eigenvalue weighted by Crippen LogP contribution is 2.22. The molecule has 1 heterocycles. The van der Waals surface area contributed by atoms with Gasteiger partial charge in [-0.15, -0.1) is 0 Å². The van der Waals surface area contributed by atoms with Gasteiger partial charge in [-0.3, -0.25) is 9.36 Å². The summed E-state index contributed by atoms with van der Waals surface area (Å²) in [7, 11) is 1.61. The second kappa shape index (κ2) is 8.37. The van der Waals surface area contributed by atoms with E-state index in [0.717, 1.165) is 6.42 Å². The number of nitrogens with zero attached hydrogens (tertiary/aromatic N) is 2. The molecule has 6 nitrogen and oxygen atoms in total.